The minimum atomic E-state index is -0.179. The summed E-state index contributed by atoms with van der Waals surface area (Å²) in [5.74, 6) is -0.179. The fraction of sp³-hybridized carbons (Fsp3) is 0.120. The van der Waals surface area contributed by atoms with E-state index >= 15 is 0 Å². The molecule has 1 amide bonds. The van der Waals surface area contributed by atoms with Crippen molar-refractivity contribution in [1.82, 2.24) is 9.99 Å². The maximum Gasteiger partial charge on any atom is 0.244 e. The SMILES string of the molecule is Cc1c(CC(=O)N/N=C\c2ccc(Cl)c(Cl)c2)c2ccccc2n1Cc1ccccc1. The van der Waals surface area contributed by atoms with E-state index in [0.717, 1.165) is 34.3 Å². The van der Waals surface area contributed by atoms with Crippen molar-refractivity contribution in [2.24, 2.45) is 5.10 Å². The van der Waals surface area contributed by atoms with E-state index in [1.807, 2.05) is 30.3 Å². The van der Waals surface area contributed by atoms with Crippen molar-refractivity contribution in [3.05, 3.63) is 105 Å². The summed E-state index contributed by atoms with van der Waals surface area (Å²) in [6.07, 6.45) is 1.79. The minimum absolute atomic E-state index is 0.179. The Labute approximate surface area is 191 Å². The number of carbonyl (C=O) groups is 1. The molecule has 3 aromatic carbocycles. The van der Waals surface area contributed by atoms with Crippen molar-refractivity contribution in [3.63, 3.8) is 0 Å². The Bertz CT molecular complexity index is 1260. The van der Waals surface area contributed by atoms with E-state index in [9.17, 15) is 4.79 Å². The lowest BCUT2D eigenvalue weighted by molar-refractivity contribution is -0.120. The average molecular weight is 450 g/mol. The van der Waals surface area contributed by atoms with Crippen LogP contribution < -0.4 is 5.43 Å². The molecule has 0 aliphatic heterocycles. The van der Waals surface area contributed by atoms with Crippen molar-refractivity contribution >= 4 is 46.2 Å². The number of amides is 1. The Balaban J connectivity index is 1.54. The van der Waals surface area contributed by atoms with Gasteiger partial charge in [0.15, 0.2) is 0 Å². The number of hydrogen-bond donors (Lipinski definition) is 1. The summed E-state index contributed by atoms with van der Waals surface area (Å²) in [6, 6.07) is 23.7. The molecule has 4 nitrogen and oxygen atoms in total. The lowest BCUT2D eigenvalue weighted by Gasteiger charge is -2.09. The Hall–Kier alpha value is -3.08. The molecule has 0 aliphatic carbocycles. The van der Waals surface area contributed by atoms with Crippen molar-refractivity contribution in [3.8, 4) is 0 Å². The number of rotatable bonds is 6. The molecule has 0 spiro atoms. The highest BCUT2D eigenvalue weighted by molar-refractivity contribution is 6.42. The first-order valence-electron chi connectivity index (χ1n) is 9.90. The quantitative estimate of drug-likeness (QED) is 0.284. The third-order valence-corrected chi connectivity index (χ3v) is 5.97. The smallest absolute Gasteiger partial charge is 0.244 e. The van der Waals surface area contributed by atoms with Crippen LogP contribution in [0, 0.1) is 6.92 Å². The molecule has 6 heteroatoms. The van der Waals surface area contributed by atoms with Crippen molar-refractivity contribution < 1.29 is 4.79 Å². The van der Waals surface area contributed by atoms with Gasteiger partial charge in [-0.05, 0) is 41.8 Å². The lowest BCUT2D eigenvalue weighted by Crippen LogP contribution is -2.20. The molecule has 0 radical (unpaired) electrons. The van der Waals surface area contributed by atoms with Crippen LogP contribution in [0.5, 0.6) is 0 Å². The molecule has 0 unspecified atom stereocenters. The van der Waals surface area contributed by atoms with Crippen molar-refractivity contribution in [2.45, 2.75) is 19.9 Å². The monoisotopic (exact) mass is 449 g/mol. The molecule has 156 valence electrons. The van der Waals surface area contributed by atoms with E-state index in [4.69, 9.17) is 23.2 Å². The number of halogens is 2. The van der Waals surface area contributed by atoms with Gasteiger partial charge in [0.1, 0.15) is 0 Å². The van der Waals surface area contributed by atoms with Crippen LogP contribution in [0.4, 0.5) is 0 Å². The standard InChI is InChI=1S/C25H21Cl2N3O/c1-17-21(14-25(31)29-28-15-19-11-12-22(26)23(27)13-19)20-9-5-6-10-24(20)30(17)16-18-7-3-2-4-8-18/h2-13,15H,14,16H2,1H3,(H,29,31)/b28-15-. The van der Waals surface area contributed by atoms with Gasteiger partial charge in [0, 0.05) is 23.1 Å². The maximum atomic E-state index is 12.6. The molecule has 0 bridgehead atoms. The molecular formula is C25H21Cl2N3O. The Kier molecular flexibility index (Phi) is 6.40. The van der Waals surface area contributed by atoms with Gasteiger partial charge in [0.05, 0.1) is 22.7 Å². The number of hydrogen-bond acceptors (Lipinski definition) is 2. The van der Waals surface area contributed by atoms with Crippen molar-refractivity contribution in [1.29, 1.82) is 0 Å². The molecule has 31 heavy (non-hydrogen) atoms. The predicted molar refractivity (Wildman–Crippen MR) is 128 cm³/mol. The Morgan fingerprint density at radius 2 is 1.74 bits per heavy atom. The van der Waals surface area contributed by atoms with Gasteiger partial charge >= 0.3 is 0 Å². The van der Waals surface area contributed by atoms with E-state index in [-0.39, 0.29) is 12.3 Å². The molecule has 4 rings (SSSR count). The van der Waals surface area contributed by atoms with Gasteiger partial charge in [-0.3, -0.25) is 4.79 Å². The predicted octanol–water partition coefficient (Wildman–Crippen LogP) is 6.00. The van der Waals surface area contributed by atoms with Crippen LogP contribution in [0.2, 0.25) is 10.0 Å². The lowest BCUT2D eigenvalue weighted by atomic mass is 10.1. The fourth-order valence-corrected chi connectivity index (χ4v) is 3.97. The number of aromatic nitrogens is 1. The summed E-state index contributed by atoms with van der Waals surface area (Å²) < 4.78 is 2.26. The zero-order valence-corrected chi connectivity index (χ0v) is 18.5. The second-order valence-electron chi connectivity index (χ2n) is 7.30. The van der Waals surface area contributed by atoms with Crippen LogP contribution in [-0.2, 0) is 17.8 Å². The number of fused-ring (bicyclic) bond motifs is 1. The van der Waals surface area contributed by atoms with E-state index in [2.05, 4.69) is 46.3 Å². The molecule has 0 saturated heterocycles. The summed E-state index contributed by atoms with van der Waals surface area (Å²) in [5.41, 5.74) is 7.78. The first-order valence-corrected chi connectivity index (χ1v) is 10.7. The minimum Gasteiger partial charge on any atom is -0.340 e. The van der Waals surface area contributed by atoms with Crippen LogP contribution in [0.15, 0.2) is 77.9 Å². The zero-order chi connectivity index (χ0) is 21.8. The summed E-state index contributed by atoms with van der Waals surface area (Å²) in [4.78, 5) is 12.6. The number of nitrogens with zero attached hydrogens (tertiary/aromatic N) is 2. The third kappa shape index (κ3) is 4.82. The topological polar surface area (TPSA) is 46.4 Å². The van der Waals surface area contributed by atoms with E-state index in [1.165, 1.54) is 5.56 Å². The molecule has 1 N–H and O–H groups in total. The van der Waals surface area contributed by atoms with Gasteiger partial charge in [0.25, 0.3) is 0 Å². The summed E-state index contributed by atoms with van der Waals surface area (Å²) in [5, 5.41) is 6.06. The van der Waals surface area contributed by atoms with Gasteiger partial charge < -0.3 is 4.57 Å². The molecular weight excluding hydrogens is 429 g/mol. The number of hydrazone groups is 1. The second kappa shape index (κ2) is 9.38. The summed E-state index contributed by atoms with van der Waals surface area (Å²) in [6.45, 7) is 2.81. The third-order valence-electron chi connectivity index (χ3n) is 5.23. The average Bonchev–Trinajstić information content (AvgIpc) is 3.03. The zero-order valence-electron chi connectivity index (χ0n) is 17.0. The van der Waals surface area contributed by atoms with Crippen LogP contribution in [0.3, 0.4) is 0 Å². The fourth-order valence-electron chi connectivity index (χ4n) is 3.67. The molecule has 1 aromatic heterocycles. The van der Waals surface area contributed by atoms with Crippen LogP contribution in [0.1, 0.15) is 22.4 Å². The summed E-state index contributed by atoms with van der Waals surface area (Å²) >= 11 is 11.9. The number of benzene rings is 3. The number of nitrogens with one attached hydrogen (secondary N) is 1. The molecule has 0 fully saturated rings. The van der Waals surface area contributed by atoms with Crippen LogP contribution >= 0.6 is 23.2 Å². The molecule has 1 heterocycles. The molecule has 0 saturated carbocycles. The van der Waals surface area contributed by atoms with Crippen LogP contribution in [-0.4, -0.2) is 16.7 Å². The Morgan fingerprint density at radius 3 is 2.52 bits per heavy atom. The van der Waals surface area contributed by atoms with E-state index in [0.29, 0.717) is 10.0 Å². The highest BCUT2D eigenvalue weighted by atomic mass is 35.5. The number of carbonyl (C=O) groups excluding carboxylic acids is 1. The first kappa shape index (κ1) is 21.2. The van der Waals surface area contributed by atoms with E-state index < -0.39 is 0 Å². The van der Waals surface area contributed by atoms with E-state index in [1.54, 1.807) is 24.4 Å². The second-order valence-corrected chi connectivity index (χ2v) is 8.11. The molecule has 0 aliphatic rings. The molecule has 0 atom stereocenters. The van der Waals surface area contributed by atoms with Gasteiger partial charge in [-0.25, -0.2) is 5.43 Å². The Morgan fingerprint density at radius 1 is 1.00 bits per heavy atom. The largest absolute Gasteiger partial charge is 0.340 e. The maximum absolute atomic E-state index is 12.6. The van der Waals surface area contributed by atoms with Gasteiger partial charge in [0.2, 0.25) is 5.91 Å². The van der Waals surface area contributed by atoms with Gasteiger partial charge in [-0.2, -0.15) is 5.10 Å². The van der Waals surface area contributed by atoms with Gasteiger partial charge in [-0.1, -0.05) is 77.8 Å². The highest BCUT2D eigenvalue weighted by Crippen LogP contribution is 2.27. The number of para-hydroxylation sites is 1. The first-order chi connectivity index (χ1) is 15.0. The van der Waals surface area contributed by atoms with Gasteiger partial charge in [-0.15, -0.1) is 0 Å². The van der Waals surface area contributed by atoms with Crippen molar-refractivity contribution in [2.75, 3.05) is 0 Å². The van der Waals surface area contributed by atoms with Crippen LogP contribution in [0.25, 0.3) is 10.9 Å². The molecule has 4 aromatic rings. The summed E-state index contributed by atoms with van der Waals surface area (Å²) in [7, 11) is 0. The normalized spacial score (nSPS) is 11.3. The highest BCUT2D eigenvalue weighted by Gasteiger charge is 2.16.